The van der Waals surface area contributed by atoms with Gasteiger partial charge in [-0.25, -0.2) is 0 Å². The highest BCUT2D eigenvalue weighted by atomic mass is 16.5. The molecule has 1 aliphatic heterocycles. The molecule has 1 saturated heterocycles. The molecule has 0 amide bonds. The first-order valence-electron chi connectivity index (χ1n) is 7.31. The van der Waals surface area contributed by atoms with Crippen molar-refractivity contribution in [2.45, 2.75) is 57.7 Å². The zero-order valence-corrected chi connectivity index (χ0v) is 11.1. The normalized spacial score (nSPS) is 35.3. The fraction of sp³-hybridized carbons (Fsp3) is 1.00. The van der Waals surface area contributed by atoms with Gasteiger partial charge in [-0.1, -0.05) is 13.3 Å². The van der Waals surface area contributed by atoms with Gasteiger partial charge in [0.05, 0.1) is 12.2 Å². The number of piperidine rings is 1. The van der Waals surface area contributed by atoms with E-state index in [1.54, 1.807) is 0 Å². The summed E-state index contributed by atoms with van der Waals surface area (Å²) in [6.07, 6.45) is 7.37. The van der Waals surface area contributed by atoms with Crippen LogP contribution < -0.4 is 0 Å². The van der Waals surface area contributed by atoms with E-state index in [1.165, 1.54) is 32.2 Å². The number of aliphatic hydroxyl groups is 1. The number of hydrogen-bond acceptors (Lipinski definition) is 3. The second-order valence-electron chi connectivity index (χ2n) is 5.65. The van der Waals surface area contributed by atoms with E-state index >= 15 is 0 Å². The summed E-state index contributed by atoms with van der Waals surface area (Å²) >= 11 is 0. The van der Waals surface area contributed by atoms with Crippen LogP contribution in [0.1, 0.15) is 45.4 Å². The van der Waals surface area contributed by atoms with Gasteiger partial charge >= 0.3 is 0 Å². The van der Waals surface area contributed by atoms with Crippen LogP contribution in [0.4, 0.5) is 0 Å². The molecule has 3 nitrogen and oxygen atoms in total. The van der Waals surface area contributed by atoms with Crippen LogP contribution in [0, 0.1) is 5.92 Å². The average molecular weight is 241 g/mol. The maximum atomic E-state index is 9.87. The van der Waals surface area contributed by atoms with Crippen molar-refractivity contribution < 1.29 is 9.84 Å². The van der Waals surface area contributed by atoms with Crippen LogP contribution >= 0.6 is 0 Å². The highest BCUT2D eigenvalue weighted by Crippen LogP contribution is 2.27. The minimum absolute atomic E-state index is 0.0491. The van der Waals surface area contributed by atoms with Crippen LogP contribution in [-0.2, 0) is 4.74 Å². The first-order valence-corrected chi connectivity index (χ1v) is 7.31. The lowest BCUT2D eigenvalue weighted by atomic mass is 10.0. The molecule has 1 saturated carbocycles. The third-order valence-electron chi connectivity index (χ3n) is 4.13. The van der Waals surface area contributed by atoms with Crippen LogP contribution in [0.25, 0.3) is 0 Å². The molecule has 1 heterocycles. The van der Waals surface area contributed by atoms with E-state index in [-0.39, 0.29) is 6.10 Å². The standard InChI is InChI=1S/C14H27NO2/c1-2-9-17-13-6-4-8-15(11-13)10-12-5-3-7-14(12)16/h12-14,16H,2-11H2,1H3. The van der Waals surface area contributed by atoms with E-state index in [1.807, 2.05) is 0 Å². The van der Waals surface area contributed by atoms with Gasteiger partial charge < -0.3 is 14.7 Å². The van der Waals surface area contributed by atoms with Gasteiger partial charge in [0.15, 0.2) is 0 Å². The summed E-state index contributed by atoms with van der Waals surface area (Å²) in [4.78, 5) is 2.50. The maximum absolute atomic E-state index is 9.87. The van der Waals surface area contributed by atoms with Gasteiger partial charge in [-0.3, -0.25) is 0 Å². The van der Waals surface area contributed by atoms with Crippen molar-refractivity contribution in [3.05, 3.63) is 0 Å². The largest absolute Gasteiger partial charge is 0.393 e. The van der Waals surface area contributed by atoms with Gasteiger partial charge in [0.2, 0.25) is 0 Å². The fourth-order valence-corrected chi connectivity index (χ4v) is 3.16. The van der Waals surface area contributed by atoms with E-state index in [0.717, 1.165) is 32.5 Å². The monoisotopic (exact) mass is 241 g/mol. The number of aliphatic hydroxyl groups excluding tert-OH is 1. The summed E-state index contributed by atoms with van der Waals surface area (Å²) < 4.78 is 5.85. The average Bonchev–Trinajstić information content (AvgIpc) is 2.73. The third kappa shape index (κ3) is 3.94. The lowest BCUT2D eigenvalue weighted by Gasteiger charge is -2.34. The molecule has 1 N–H and O–H groups in total. The Morgan fingerprint density at radius 3 is 2.82 bits per heavy atom. The summed E-state index contributed by atoms with van der Waals surface area (Å²) in [6, 6.07) is 0. The van der Waals surface area contributed by atoms with Crippen LogP contribution in [0.15, 0.2) is 0 Å². The lowest BCUT2D eigenvalue weighted by Crippen LogP contribution is -2.43. The third-order valence-corrected chi connectivity index (χ3v) is 4.13. The Morgan fingerprint density at radius 1 is 1.24 bits per heavy atom. The molecule has 1 aliphatic carbocycles. The second kappa shape index (κ2) is 6.72. The van der Waals surface area contributed by atoms with Crippen molar-refractivity contribution in [3.63, 3.8) is 0 Å². The molecular formula is C14H27NO2. The molecule has 0 spiro atoms. The Hall–Kier alpha value is -0.120. The molecule has 0 bridgehead atoms. The van der Waals surface area contributed by atoms with E-state index in [0.29, 0.717) is 12.0 Å². The fourth-order valence-electron chi connectivity index (χ4n) is 3.16. The first-order chi connectivity index (χ1) is 8.29. The maximum Gasteiger partial charge on any atom is 0.0702 e. The van der Waals surface area contributed by atoms with Gasteiger partial charge in [-0.15, -0.1) is 0 Å². The Balaban J connectivity index is 1.73. The van der Waals surface area contributed by atoms with Crippen molar-refractivity contribution in [3.8, 4) is 0 Å². The Labute approximate surface area is 105 Å². The van der Waals surface area contributed by atoms with E-state index in [9.17, 15) is 5.11 Å². The number of nitrogens with zero attached hydrogens (tertiary/aromatic N) is 1. The second-order valence-corrected chi connectivity index (χ2v) is 5.65. The molecule has 0 radical (unpaired) electrons. The van der Waals surface area contributed by atoms with Crippen LogP contribution in [0.5, 0.6) is 0 Å². The number of ether oxygens (including phenoxy) is 1. The smallest absolute Gasteiger partial charge is 0.0702 e. The van der Waals surface area contributed by atoms with Crippen molar-refractivity contribution in [1.29, 1.82) is 0 Å². The van der Waals surface area contributed by atoms with Gasteiger partial charge in [-0.05, 0) is 44.6 Å². The number of likely N-dealkylation sites (tertiary alicyclic amines) is 1. The van der Waals surface area contributed by atoms with Crippen molar-refractivity contribution >= 4 is 0 Å². The van der Waals surface area contributed by atoms with Crippen molar-refractivity contribution in [2.75, 3.05) is 26.2 Å². The molecule has 0 aromatic rings. The van der Waals surface area contributed by atoms with Crippen LogP contribution in [-0.4, -0.2) is 48.5 Å². The predicted molar refractivity (Wildman–Crippen MR) is 69.1 cm³/mol. The molecular weight excluding hydrogens is 214 g/mol. The predicted octanol–water partition coefficient (Wildman–Crippen LogP) is 2.04. The summed E-state index contributed by atoms with van der Waals surface area (Å²) in [5.74, 6) is 0.514. The van der Waals surface area contributed by atoms with Crippen LogP contribution in [0.2, 0.25) is 0 Å². The zero-order valence-electron chi connectivity index (χ0n) is 11.1. The molecule has 3 atom stereocenters. The van der Waals surface area contributed by atoms with Crippen molar-refractivity contribution in [2.24, 2.45) is 5.92 Å². The quantitative estimate of drug-likeness (QED) is 0.799. The molecule has 3 unspecified atom stereocenters. The Bertz CT molecular complexity index is 222. The summed E-state index contributed by atoms with van der Waals surface area (Å²) in [5.41, 5.74) is 0. The van der Waals surface area contributed by atoms with Gasteiger partial charge in [0.25, 0.3) is 0 Å². The molecule has 3 heteroatoms. The Kier molecular flexibility index (Phi) is 5.26. The van der Waals surface area contributed by atoms with Crippen molar-refractivity contribution in [1.82, 2.24) is 4.90 Å². The molecule has 100 valence electrons. The summed E-state index contributed by atoms with van der Waals surface area (Å²) in [7, 11) is 0. The molecule has 2 aliphatic rings. The highest BCUT2D eigenvalue weighted by molar-refractivity contribution is 4.82. The SMILES string of the molecule is CCCOC1CCCN(CC2CCCC2O)C1. The summed E-state index contributed by atoms with van der Waals surface area (Å²) in [5, 5.41) is 9.87. The highest BCUT2D eigenvalue weighted by Gasteiger charge is 2.29. The van der Waals surface area contributed by atoms with Crippen LogP contribution in [0.3, 0.4) is 0 Å². The molecule has 17 heavy (non-hydrogen) atoms. The van der Waals surface area contributed by atoms with E-state index in [4.69, 9.17) is 4.74 Å². The summed E-state index contributed by atoms with van der Waals surface area (Å²) in [6.45, 7) is 6.39. The van der Waals surface area contributed by atoms with E-state index < -0.39 is 0 Å². The lowest BCUT2D eigenvalue weighted by molar-refractivity contribution is -0.00944. The number of hydrogen-bond donors (Lipinski definition) is 1. The molecule has 0 aromatic carbocycles. The van der Waals surface area contributed by atoms with Gasteiger partial charge in [0.1, 0.15) is 0 Å². The zero-order chi connectivity index (χ0) is 12.1. The first kappa shape index (κ1) is 13.3. The molecule has 0 aromatic heterocycles. The Morgan fingerprint density at radius 2 is 2.12 bits per heavy atom. The molecule has 2 rings (SSSR count). The number of rotatable bonds is 5. The van der Waals surface area contributed by atoms with Gasteiger partial charge in [-0.2, -0.15) is 0 Å². The topological polar surface area (TPSA) is 32.7 Å². The van der Waals surface area contributed by atoms with E-state index in [2.05, 4.69) is 11.8 Å². The van der Waals surface area contributed by atoms with Gasteiger partial charge in [0, 0.05) is 19.7 Å². The minimum atomic E-state index is -0.0491. The minimum Gasteiger partial charge on any atom is -0.393 e. The molecule has 2 fully saturated rings.